The van der Waals surface area contributed by atoms with Gasteiger partial charge in [-0.3, -0.25) is 0 Å². The summed E-state index contributed by atoms with van der Waals surface area (Å²) in [7, 11) is 0. The van der Waals surface area contributed by atoms with Gasteiger partial charge in [-0.05, 0) is 38.3 Å². The van der Waals surface area contributed by atoms with Crippen molar-refractivity contribution in [2.75, 3.05) is 0 Å². The average molecular weight is 365 g/mol. The number of ether oxygens (including phenoxy) is 1. The maximum atomic E-state index is 6.17. The van der Waals surface area contributed by atoms with Crippen molar-refractivity contribution >= 4 is 35.6 Å². The summed E-state index contributed by atoms with van der Waals surface area (Å²) in [6.07, 6.45) is 2.46. The van der Waals surface area contributed by atoms with E-state index in [4.69, 9.17) is 38.2 Å². The summed E-state index contributed by atoms with van der Waals surface area (Å²) in [4.78, 5) is 4.35. The molecule has 1 heterocycles. The standard InChI is InChI=1S/C14H15Cl2N3O2.ClH/c1-8(20-9-3-4-10(15)11(16)7-9)12-18-13(19-21-12)14(17)5-2-6-14;/h3-4,7-8H,2,5-6,17H2,1H3;1H. The van der Waals surface area contributed by atoms with Crippen molar-refractivity contribution in [1.82, 2.24) is 10.1 Å². The molecule has 0 spiro atoms. The van der Waals surface area contributed by atoms with Crippen LogP contribution in [0.4, 0.5) is 0 Å². The largest absolute Gasteiger partial charge is 0.481 e. The molecule has 22 heavy (non-hydrogen) atoms. The van der Waals surface area contributed by atoms with E-state index >= 15 is 0 Å². The number of hydrogen-bond acceptors (Lipinski definition) is 5. The van der Waals surface area contributed by atoms with Gasteiger partial charge in [0, 0.05) is 6.07 Å². The van der Waals surface area contributed by atoms with Crippen molar-refractivity contribution in [1.29, 1.82) is 0 Å². The van der Waals surface area contributed by atoms with Crippen molar-refractivity contribution in [3.63, 3.8) is 0 Å². The lowest BCUT2D eigenvalue weighted by Crippen LogP contribution is -2.44. The van der Waals surface area contributed by atoms with E-state index in [1.807, 2.05) is 6.92 Å². The van der Waals surface area contributed by atoms with Crippen LogP contribution in [0.5, 0.6) is 5.75 Å². The molecule has 2 N–H and O–H groups in total. The summed E-state index contributed by atoms with van der Waals surface area (Å²) in [6, 6.07) is 5.06. The Morgan fingerprint density at radius 3 is 2.64 bits per heavy atom. The molecule has 5 nitrogen and oxygen atoms in total. The highest BCUT2D eigenvalue weighted by Gasteiger charge is 2.39. The second-order valence-electron chi connectivity index (χ2n) is 5.30. The summed E-state index contributed by atoms with van der Waals surface area (Å²) in [5.41, 5.74) is 5.73. The molecule has 2 aromatic rings. The molecule has 1 atom stereocenters. The van der Waals surface area contributed by atoms with Crippen LogP contribution in [-0.4, -0.2) is 10.1 Å². The van der Waals surface area contributed by atoms with Crippen molar-refractivity contribution in [3.8, 4) is 5.75 Å². The fourth-order valence-electron chi connectivity index (χ4n) is 2.19. The van der Waals surface area contributed by atoms with Gasteiger partial charge in [0.1, 0.15) is 5.75 Å². The highest BCUT2D eigenvalue weighted by Crippen LogP contribution is 2.37. The third-order valence-corrected chi connectivity index (χ3v) is 4.42. The molecular formula is C14H16Cl3N3O2. The van der Waals surface area contributed by atoms with Crippen molar-refractivity contribution in [3.05, 3.63) is 40.0 Å². The fourth-order valence-corrected chi connectivity index (χ4v) is 2.48. The van der Waals surface area contributed by atoms with E-state index < -0.39 is 11.6 Å². The number of aromatic nitrogens is 2. The van der Waals surface area contributed by atoms with Gasteiger partial charge in [-0.25, -0.2) is 0 Å². The maximum Gasteiger partial charge on any atom is 0.267 e. The molecule has 0 amide bonds. The summed E-state index contributed by atoms with van der Waals surface area (Å²) >= 11 is 11.8. The van der Waals surface area contributed by atoms with Gasteiger partial charge in [-0.15, -0.1) is 12.4 Å². The van der Waals surface area contributed by atoms with Crippen LogP contribution in [0.1, 0.15) is 44.0 Å². The van der Waals surface area contributed by atoms with E-state index in [0.717, 1.165) is 19.3 Å². The first-order valence-electron chi connectivity index (χ1n) is 6.73. The van der Waals surface area contributed by atoms with Crippen LogP contribution >= 0.6 is 35.6 Å². The zero-order valence-corrected chi connectivity index (χ0v) is 14.2. The number of nitrogens with zero attached hydrogens (tertiary/aromatic N) is 2. The van der Waals surface area contributed by atoms with Gasteiger partial charge in [0.2, 0.25) is 0 Å². The van der Waals surface area contributed by atoms with E-state index in [-0.39, 0.29) is 12.4 Å². The number of hydrogen-bond donors (Lipinski definition) is 1. The second kappa shape index (κ2) is 6.62. The Bertz CT molecular complexity index is 659. The molecule has 1 fully saturated rings. The number of benzene rings is 1. The van der Waals surface area contributed by atoms with Crippen LogP contribution < -0.4 is 10.5 Å². The average Bonchev–Trinajstić information content (AvgIpc) is 2.90. The van der Waals surface area contributed by atoms with E-state index in [9.17, 15) is 0 Å². The van der Waals surface area contributed by atoms with Crippen LogP contribution in [0.15, 0.2) is 22.7 Å². The summed E-state index contributed by atoms with van der Waals surface area (Å²) < 4.78 is 11.0. The lowest BCUT2D eigenvalue weighted by atomic mass is 9.77. The zero-order valence-electron chi connectivity index (χ0n) is 11.9. The molecule has 1 unspecified atom stereocenters. The van der Waals surface area contributed by atoms with Crippen molar-refractivity contribution < 1.29 is 9.26 Å². The smallest absolute Gasteiger partial charge is 0.267 e. The molecule has 0 saturated heterocycles. The molecule has 8 heteroatoms. The number of rotatable bonds is 4. The third kappa shape index (κ3) is 3.33. The lowest BCUT2D eigenvalue weighted by molar-refractivity contribution is 0.174. The Kier molecular flexibility index (Phi) is 5.22. The third-order valence-electron chi connectivity index (χ3n) is 3.68. The zero-order chi connectivity index (χ0) is 15.0. The van der Waals surface area contributed by atoms with Gasteiger partial charge in [0.05, 0.1) is 15.6 Å². The topological polar surface area (TPSA) is 74.2 Å². The molecule has 1 aromatic carbocycles. The summed E-state index contributed by atoms with van der Waals surface area (Å²) in [5, 5.41) is 4.88. The molecule has 0 bridgehead atoms. The fraction of sp³-hybridized carbons (Fsp3) is 0.429. The predicted octanol–water partition coefficient (Wildman–Crippen LogP) is 4.28. The lowest BCUT2D eigenvalue weighted by Gasteiger charge is -2.34. The van der Waals surface area contributed by atoms with Crippen LogP contribution in [-0.2, 0) is 5.54 Å². The molecule has 0 radical (unpaired) electrons. The molecule has 1 aromatic heterocycles. The van der Waals surface area contributed by atoms with Crippen molar-refractivity contribution in [2.45, 2.75) is 37.8 Å². The first kappa shape index (κ1) is 17.3. The molecule has 1 aliphatic rings. The van der Waals surface area contributed by atoms with Gasteiger partial charge in [0.15, 0.2) is 11.9 Å². The van der Waals surface area contributed by atoms with Gasteiger partial charge >= 0.3 is 0 Å². The highest BCUT2D eigenvalue weighted by molar-refractivity contribution is 6.42. The van der Waals surface area contributed by atoms with Gasteiger partial charge in [-0.1, -0.05) is 28.4 Å². The normalized spacial score (nSPS) is 17.3. The number of halogens is 3. The van der Waals surface area contributed by atoms with E-state index in [1.54, 1.807) is 18.2 Å². The van der Waals surface area contributed by atoms with Crippen molar-refractivity contribution in [2.24, 2.45) is 5.73 Å². The molecule has 0 aliphatic heterocycles. The molecule has 1 saturated carbocycles. The predicted molar refractivity (Wildman–Crippen MR) is 86.8 cm³/mol. The van der Waals surface area contributed by atoms with Gasteiger partial charge in [-0.2, -0.15) is 4.98 Å². The van der Waals surface area contributed by atoms with Crippen LogP contribution in [0.25, 0.3) is 0 Å². The first-order valence-corrected chi connectivity index (χ1v) is 7.48. The SMILES string of the molecule is CC(Oc1ccc(Cl)c(Cl)c1)c1nc(C2(N)CCC2)no1.Cl. The Balaban J connectivity index is 0.00000176. The first-order chi connectivity index (χ1) is 9.98. The Labute approximate surface area is 144 Å². The van der Waals surface area contributed by atoms with Crippen LogP contribution in [0.2, 0.25) is 10.0 Å². The maximum absolute atomic E-state index is 6.17. The minimum Gasteiger partial charge on any atom is -0.481 e. The summed E-state index contributed by atoms with van der Waals surface area (Å²) in [5.74, 6) is 1.53. The minimum absolute atomic E-state index is 0. The van der Waals surface area contributed by atoms with Gasteiger partial charge < -0.3 is 15.0 Å². The van der Waals surface area contributed by atoms with E-state index in [1.165, 1.54) is 0 Å². The molecular weight excluding hydrogens is 349 g/mol. The Morgan fingerprint density at radius 1 is 1.32 bits per heavy atom. The summed E-state index contributed by atoms with van der Waals surface area (Å²) in [6.45, 7) is 1.82. The van der Waals surface area contributed by atoms with Gasteiger partial charge in [0.25, 0.3) is 5.89 Å². The molecule has 1 aliphatic carbocycles. The second-order valence-corrected chi connectivity index (χ2v) is 6.12. The number of nitrogens with two attached hydrogens (primary N) is 1. The minimum atomic E-state index is -0.439. The molecule has 3 rings (SSSR count). The monoisotopic (exact) mass is 363 g/mol. The highest BCUT2D eigenvalue weighted by atomic mass is 35.5. The van der Waals surface area contributed by atoms with E-state index in [0.29, 0.717) is 27.5 Å². The Morgan fingerprint density at radius 2 is 2.05 bits per heavy atom. The molecule has 120 valence electrons. The van der Waals surface area contributed by atoms with Crippen LogP contribution in [0.3, 0.4) is 0 Å². The van der Waals surface area contributed by atoms with E-state index in [2.05, 4.69) is 10.1 Å². The quantitative estimate of drug-likeness (QED) is 0.876. The van der Waals surface area contributed by atoms with Crippen LogP contribution in [0, 0.1) is 0 Å². The Hall–Kier alpha value is -1.01.